The molecule has 6 aromatic rings. The van der Waals surface area contributed by atoms with Crippen LogP contribution in [0.3, 0.4) is 0 Å². The van der Waals surface area contributed by atoms with Crippen LogP contribution in [0.1, 0.15) is 81.9 Å². The van der Waals surface area contributed by atoms with Gasteiger partial charge in [-0.15, -0.1) is 11.8 Å². The van der Waals surface area contributed by atoms with Gasteiger partial charge in [-0.25, -0.2) is 9.59 Å². The first-order valence-electron chi connectivity index (χ1n) is 23.3. The van der Waals surface area contributed by atoms with Crippen LogP contribution in [0.5, 0.6) is 28.7 Å². The Labute approximate surface area is 404 Å². The molecule has 0 radical (unpaired) electrons. The number of carboxylic acid groups (broad SMARTS) is 1. The highest BCUT2D eigenvalue weighted by Gasteiger charge is 2.55. The number of fused-ring (bicyclic) bond motifs is 7. The third kappa shape index (κ3) is 9.02. The van der Waals surface area contributed by atoms with Gasteiger partial charge in [0.25, 0.3) is 5.91 Å². The number of hydrogen-bond acceptors (Lipinski definition) is 10. The third-order valence-electron chi connectivity index (χ3n) is 12.9. The van der Waals surface area contributed by atoms with E-state index in [4.69, 9.17) is 23.7 Å². The molecule has 13 heteroatoms. The number of nitrogens with zero attached hydrogens (tertiary/aromatic N) is 1. The van der Waals surface area contributed by atoms with Gasteiger partial charge in [0.05, 0.1) is 12.0 Å². The smallest absolute Gasteiger partial charge is 0.352 e. The van der Waals surface area contributed by atoms with Gasteiger partial charge in [0.2, 0.25) is 5.91 Å². The van der Waals surface area contributed by atoms with Gasteiger partial charge in [0, 0.05) is 40.1 Å². The standard InChI is InChI=1S/C56H50N2O10S/c1-2-3-4-11-18-38-28-45-48(67-47-29-41(64-31-36-16-9-6-10-17-36)25-26-44(47)56(45)43-20-13-12-19-42(43)55(63)68-56)30-46(38)66-32-37-21-23-40(24-22-37)65-33-39-34-69-53-50(52(60)58(53)51(39)54(61)62)57-49(59)27-35-14-7-5-8-15-35/h5-10,12-17,19-26,28-30,50,53H,2-4,11,18,27,31-34H2,1H3,(H,57,59)(H,61,62)/t50-,53-,56?/m0/s1. The van der Waals surface area contributed by atoms with Crippen LogP contribution in [0, 0.1) is 0 Å². The maximum atomic E-state index is 13.7. The number of nitrogens with one attached hydrogen (secondary N) is 1. The SMILES string of the molecule is CCCCCCc1cc2c(cc1OCc1ccc(OCC3=C(C(=O)O)N4C(=O)[C@H](NC(=O)Cc5ccccc5)[C@@H]4SC3)cc1)Oc1cc(OCc3ccccc3)ccc1C21OC(=O)c2ccccc21. The van der Waals surface area contributed by atoms with Crippen LogP contribution in [0.2, 0.25) is 0 Å². The van der Waals surface area contributed by atoms with Crippen LogP contribution in [0.25, 0.3) is 0 Å². The Bertz CT molecular complexity index is 2960. The average Bonchev–Trinajstić information content (AvgIpc) is 3.67. The van der Waals surface area contributed by atoms with Gasteiger partial charge in [-0.05, 0) is 71.5 Å². The number of β-lactam (4-membered cyclic amide) rings is 1. The van der Waals surface area contributed by atoms with Crippen molar-refractivity contribution < 1.29 is 48.0 Å². The molecule has 10 rings (SSSR count). The summed E-state index contributed by atoms with van der Waals surface area (Å²) in [5.74, 6) is 0.730. The minimum Gasteiger partial charge on any atom is -0.489 e. The topological polar surface area (TPSA) is 150 Å². The number of unbranched alkanes of at least 4 members (excludes halogenated alkanes) is 3. The lowest BCUT2D eigenvalue weighted by Crippen LogP contribution is -2.70. The normalized spacial score (nSPS) is 18.5. The first kappa shape index (κ1) is 45.3. The molecule has 350 valence electrons. The van der Waals surface area contributed by atoms with Crippen LogP contribution < -0.4 is 24.3 Å². The zero-order chi connectivity index (χ0) is 47.5. The van der Waals surface area contributed by atoms with Gasteiger partial charge >= 0.3 is 11.9 Å². The molecule has 69 heavy (non-hydrogen) atoms. The van der Waals surface area contributed by atoms with Crippen molar-refractivity contribution in [1.82, 2.24) is 10.2 Å². The summed E-state index contributed by atoms with van der Waals surface area (Å²) in [6.07, 6.45) is 5.05. The summed E-state index contributed by atoms with van der Waals surface area (Å²) < 4.78 is 32.2. The van der Waals surface area contributed by atoms with E-state index >= 15 is 0 Å². The first-order valence-corrected chi connectivity index (χ1v) is 24.3. The molecular weight excluding hydrogens is 893 g/mol. The quantitative estimate of drug-likeness (QED) is 0.0482. The second-order valence-corrected chi connectivity index (χ2v) is 18.6. The second-order valence-electron chi connectivity index (χ2n) is 17.5. The van der Waals surface area contributed by atoms with E-state index in [9.17, 15) is 24.3 Å². The van der Waals surface area contributed by atoms with E-state index < -0.39 is 34.9 Å². The Hall–Kier alpha value is -7.51. The Morgan fingerprint density at radius 3 is 2.17 bits per heavy atom. The molecule has 1 saturated heterocycles. The summed E-state index contributed by atoms with van der Waals surface area (Å²) in [4.78, 5) is 53.4. The molecule has 2 N–H and O–H groups in total. The number of thioether (sulfide) groups is 1. The molecule has 4 aliphatic heterocycles. The lowest BCUT2D eigenvalue weighted by atomic mass is 9.77. The number of aliphatic carboxylic acids is 1. The monoisotopic (exact) mass is 942 g/mol. The summed E-state index contributed by atoms with van der Waals surface area (Å²) in [6.45, 7) is 2.75. The van der Waals surface area contributed by atoms with Crippen molar-refractivity contribution in [3.63, 3.8) is 0 Å². The fourth-order valence-corrected chi connectivity index (χ4v) is 10.8. The molecule has 3 atom stereocenters. The molecule has 2 amide bonds. The average molecular weight is 943 g/mol. The van der Waals surface area contributed by atoms with E-state index in [-0.39, 0.29) is 31.2 Å². The molecule has 0 aromatic heterocycles. The Morgan fingerprint density at radius 2 is 1.41 bits per heavy atom. The Balaban J connectivity index is 0.860. The third-order valence-corrected chi connectivity index (χ3v) is 14.3. The highest BCUT2D eigenvalue weighted by atomic mass is 32.2. The van der Waals surface area contributed by atoms with Crippen LogP contribution in [-0.2, 0) is 50.8 Å². The first-order chi connectivity index (χ1) is 33.7. The van der Waals surface area contributed by atoms with Gasteiger partial charge in [0.15, 0.2) is 5.60 Å². The molecule has 12 nitrogen and oxygen atoms in total. The Morgan fingerprint density at radius 1 is 0.725 bits per heavy atom. The molecule has 6 aromatic carbocycles. The molecule has 0 saturated carbocycles. The van der Waals surface area contributed by atoms with Crippen LogP contribution >= 0.6 is 11.8 Å². The summed E-state index contributed by atoms with van der Waals surface area (Å²) >= 11 is 1.40. The number of amides is 2. The van der Waals surface area contributed by atoms with E-state index in [2.05, 4.69) is 18.3 Å². The fraction of sp³-hybridized carbons (Fsp3) is 0.250. The minimum absolute atomic E-state index is 0.0341. The lowest BCUT2D eigenvalue weighted by molar-refractivity contribution is -0.150. The fourth-order valence-electron chi connectivity index (χ4n) is 9.44. The van der Waals surface area contributed by atoms with Gasteiger partial charge in [-0.2, -0.15) is 0 Å². The number of hydrogen-bond donors (Lipinski definition) is 2. The molecule has 1 fully saturated rings. The van der Waals surface area contributed by atoms with E-state index in [1.807, 2.05) is 115 Å². The summed E-state index contributed by atoms with van der Waals surface area (Å²) in [5.41, 5.74) is 5.47. The maximum absolute atomic E-state index is 13.7. The number of carboxylic acids is 1. The second kappa shape index (κ2) is 19.6. The molecule has 0 bridgehead atoms. The van der Waals surface area contributed by atoms with Crippen molar-refractivity contribution in [3.05, 3.63) is 195 Å². The van der Waals surface area contributed by atoms with Crippen LogP contribution in [-0.4, -0.2) is 57.5 Å². The van der Waals surface area contributed by atoms with Gasteiger partial charge in [-0.1, -0.05) is 117 Å². The molecule has 1 unspecified atom stereocenters. The molecule has 4 aliphatic rings. The van der Waals surface area contributed by atoms with Gasteiger partial charge < -0.3 is 34.1 Å². The number of rotatable bonds is 18. The largest absolute Gasteiger partial charge is 0.489 e. The Kier molecular flexibility index (Phi) is 12.9. The minimum atomic E-state index is -1.26. The molecular formula is C56H50N2O10S. The van der Waals surface area contributed by atoms with E-state index in [1.54, 1.807) is 18.2 Å². The molecule has 1 spiro atoms. The van der Waals surface area contributed by atoms with Crippen molar-refractivity contribution in [2.75, 3.05) is 12.4 Å². The predicted molar refractivity (Wildman–Crippen MR) is 259 cm³/mol. The van der Waals surface area contributed by atoms with Crippen molar-refractivity contribution in [3.8, 4) is 28.7 Å². The predicted octanol–water partition coefficient (Wildman–Crippen LogP) is 9.90. The highest BCUT2D eigenvalue weighted by molar-refractivity contribution is 8.00. The highest BCUT2D eigenvalue weighted by Crippen LogP contribution is 2.57. The van der Waals surface area contributed by atoms with Crippen molar-refractivity contribution in [1.29, 1.82) is 0 Å². The molecule has 0 aliphatic carbocycles. The van der Waals surface area contributed by atoms with Crippen LogP contribution in [0.4, 0.5) is 0 Å². The van der Waals surface area contributed by atoms with Crippen molar-refractivity contribution in [2.24, 2.45) is 0 Å². The van der Waals surface area contributed by atoms with Crippen LogP contribution in [0.15, 0.2) is 151 Å². The van der Waals surface area contributed by atoms with E-state index in [1.165, 1.54) is 16.7 Å². The summed E-state index contributed by atoms with van der Waals surface area (Å²) in [6, 6.07) is 42.9. The van der Waals surface area contributed by atoms with E-state index in [0.29, 0.717) is 57.8 Å². The number of esters is 1. The van der Waals surface area contributed by atoms with Gasteiger partial charge in [-0.3, -0.25) is 14.5 Å². The zero-order valence-electron chi connectivity index (χ0n) is 38.0. The number of carbonyl (C=O) groups is 4. The van der Waals surface area contributed by atoms with Crippen molar-refractivity contribution >= 4 is 35.5 Å². The number of carbonyl (C=O) groups excluding carboxylic acids is 3. The van der Waals surface area contributed by atoms with Crippen molar-refractivity contribution in [2.45, 2.75) is 75.7 Å². The summed E-state index contributed by atoms with van der Waals surface area (Å²) in [7, 11) is 0. The number of ether oxygens (including phenoxy) is 5. The zero-order valence-corrected chi connectivity index (χ0v) is 38.8. The van der Waals surface area contributed by atoms with Gasteiger partial charge in [0.1, 0.15) is 65.7 Å². The van der Waals surface area contributed by atoms with E-state index in [0.717, 1.165) is 65.5 Å². The number of aryl methyl sites for hydroxylation is 1. The lowest BCUT2D eigenvalue weighted by Gasteiger charge is -2.49. The number of benzene rings is 6. The maximum Gasteiger partial charge on any atom is 0.352 e. The molecule has 4 heterocycles. The summed E-state index contributed by atoms with van der Waals surface area (Å²) in [5, 5.41) is 12.5.